The van der Waals surface area contributed by atoms with Gasteiger partial charge in [0, 0.05) is 19.4 Å². The zero-order valence-corrected chi connectivity index (χ0v) is 21.6. The predicted molar refractivity (Wildman–Crippen MR) is 134 cm³/mol. The lowest BCUT2D eigenvalue weighted by Crippen LogP contribution is -2.52. The van der Waals surface area contributed by atoms with Gasteiger partial charge in [0.2, 0.25) is 0 Å². The van der Waals surface area contributed by atoms with Crippen molar-refractivity contribution >= 4 is 18.7 Å². The Hall–Kier alpha value is -2.56. The van der Waals surface area contributed by atoms with Gasteiger partial charge in [0.25, 0.3) is 0 Å². The fourth-order valence-corrected chi connectivity index (χ4v) is 4.52. The molecule has 34 heavy (non-hydrogen) atoms. The smallest absolute Gasteiger partial charge is 0.438 e. The maximum atomic E-state index is 13.1. The summed E-state index contributed by atoms with van der Waals surface area (Å²) in [5.74, 6) is 0. The van der Waals surface area contributed by atoms with Crippen molar-refractivity contribution in [3.05, 3.63) is 54.6 Å². The zero-order chi connectivity index (χ0) is 25.5. The largest absolute Gasteiger partial charge is 0.494 e. The van der Waals surface area contributed by atoms with Crippen LogP contribution in [-0.2, 0) is 14.0 Å². The van der Waals surface area contributed by atoms with E-state index >= 15 is 0 Å². The first kappa shape index (κ1) is 26.1. The summed E-state index contributed by atoms with van der Waals surface area (Å²) in [6.07, 6.45) is 2.13. The molecule has 2 saturated heterocycles. The third-order valence-electron chi connectivity index (χ3n) is 7.55. The predicted octanol–water partition coefficient (Wildman–Crippen LogP) is 5.31. The van der Waals surface area contributed by atoms with Crippen LogP contribution in [0.3, 0.4) is 0 Å². The third kappa shape index (κ3) is 4.80. The van der Waals surface area contributed by atoms with E-state index in [1.807, 2.05) is 72.7 Å². The van der Waals surface area contributed by atoms with E-state index < -0.39 is 35.4 Å². The summed E-state index contributed by atoms with van der Waals surface area (Å²) >= 11 is 0. The molecule has 0 aliphatic carbocycles. The standard InChI is InChI=1S/C27H37BN2O4/c1-10-19(2)27(17-24(4,5)18-29)15-16-30(23(31)32-27)20(3)21-11-13-22(14-12-21)28-33-25(6,7)26(8,9)34-28/h10-14,20H,1-2,15-17H2,3-9H3. The van der Waals surface area contributed by atoms with Gasteiger partial charge in [0.05, 0.1) is 28.7 Å². The fourth-order valence-electron chi connectivity index (χ4n) is 4.52. The van der Waals surface area contributed by atoms with Crippen molar-refractivity contribution in [2.24, 2.45) is 5.41 Å². The molecular weight excluding hydrogens is 427 g/mol. The van der Waals surface area contributed by atoms with E-state index in [9.17, 15) is 10.1 Å². The number of carbonyl (C=O) groups is 1. The number of rotatable bonds is 7. The molecule has 3 rings (SSSR count). The van der Waals surface area contributed by atoms with E-state index in [0.29, 0.717) is 25.0 Å². The molecule has 2 aliphatic rings. The molecule has 2 fully saturated rings. The lowest BCUT2D eigenvalue weighted by Gasteiger charge is -2.45. The van der Waals surface area contributed by atoms with E-state index in [1.54, 1.807) is 11.0 Å². The molecule has 6 nitrogen and oxygen atoms in total. The molecule has 1 aromatic rings. The molecule has 2 aliphatic heterocycles. The summed E-state index contributed by atoms with van der Waals surface area (Å²) in [5.41, 5.74) is 0.175. The highest BCUT2D eigenvalue weighted by Crippen LogP contribution is 2.42. The van der Waals surface area contributed by atoms with Crippen LogP contribution in [0.15, 0.2) is 49.1 Å². The first-order chi connectivity index (χ1) is 15.7. The second-order valence-corrected chi connectivity index (χ2v) is 11.1. The first-order valence-corrected chi connectivity index (χ1v) is 11.9. The van der Waals surface area contributed by atoms with Crippen LogP contribution in [0.1, 0.15) is 72.9 Å². The number of carbonyl (C=O) groups excluding carboxylic acids is 1. The molecule has 7 heteroatoms. The van der Waals surface area contributed by atoms with Gasteiger partial charge in [-0.15, -0.1) is 0 Å². The summed E-state index contributed by atoms with van der Waals surface area (Å²) in [4.78, 5) is 14.9. The highest BCUT2D eigenvalue weighted by atomic mass is 16.7. The Morgan fingerprint density at radius 1 is 1.24 bits per heavy atom. The van der Waals surface area contributed by atoms with Crippen molar-refractivity contribution in [1.82, 2.24) is 4.90 Å². The minimum atomic E-state index is -0.922. The van der Waals surface area contributed by atoms with Crippen molar-refractivity contribution in [1.29, 1.82) is 5.26 Å². The van der Waals surface area contributed by atoms with Crippen LogP contribution in [0.2, 0.25) is 0 Å². The van der Waals surface area contributed by atoms with Crippen molar-refractivity contribution in [3.63, 3.8) is 0 Å². The summed E-state index contributed by atoms with van der Waals surface area (Å²) in [6.45, 7) is 22.2. The van der Waals surface area contributed by atoms with Gasteiger partial charge >= 0.3 is 13.2 Å². The van der Waals surface area contributed by atoms with Gasteiger partial charge in [0.15, 0.2) is 0 Å². The molecular formula is C27H37BN2O4. The van der Waals surface area contributed by atoms with Crippen LogP contribution in [0, 0.1) is 16.7 Å². The summed E-state index contributed by atoms with van der Waals surface area (Å²) in [5, 5.41) is 9.53. The number of hydrogen-bond acceptors (Lipinski definition) is 5. The van der Waals surface area contributed by atoms with Crippen LogP contribution >= 0.6 is 0 Å². The molecule has 2 heterocycles. The molecule has 1 aromatic carbocycles. The minimum absolute atomic E-state index is 0.182. The molecule has 1 amide bonds. The highest BCUT2D eigenvalue weighted by Gasteiger charge is 2.52. The van der Waals surface area contributed by atoms with E-state index in [-0.39, 0.29) is 6.04 Å². The number of benzene rings is 1. The van der Waals surface area contributed by atoms with Gasteiger partial charge in [-0.1, -0.05) is 43.5 Å². The Kier molecular flexibility index (Phi) is 6.82. The molecule has 2 atom stereocenters. The number of nitrogens with zero attached hydrogens (tertiary/aromatic N) is 2. The van der Waals surface area contributed by atoms with Crippen molar-refractivity contribution in [3.8, 4) is 6.07 Å². The lowest BCUT2D eigenvalue weighted by atomic mass is 9.75. The topological polar surface area (TPSA) is 71.8 Å². The number of cyclic esters (lactones) is 1. The second-order valence-electron chi connectivity index (χ2n) is 11.1. The number of amides is 1. The Labute approximate surface area is 204 Å². The Morgan fingerprint density at radius 2 is 1.79 bits per heavy atom. The Bertz CT molecular complexity index is 992. The summed E-state index contributed by atoms with van der Waals surface area (Å²) < 4.78 is 18.3. The SMILES string of the molecule is C=CC(=C)C1(CC(C)(C)C#N)CCN(C(C)c2ccc(B3OC(C)(C)C(C)(C)O3)cc2)C(=O)O1. The zero-order valence-electron chi connectivity index (χ0n) is 21.6. The van der Waals surface area contributed by atoms with E-state index in [4.69, 9.17) is 14.0 Å². The maximum Gasteiger partial charge on any atom is 0.494 e. The summed E-state index contributed by atoms with van der Waals surface area (Å²) in [7, 11) is -0.427. The van der Waals surface area contributed by atoms with Crippen molar-refractivity contribution < 1.29 is 18.8 Å². The number of ether oxygens (including phenoxy) is 1. The van der Waals surface area contributed by atoms with E-state index in [1.165, 1.54) is 0 Å². The lowest BCUT2D eigenvalue weighted by molar-refractivity contribution is -0.0478. The maximum absolute atomic E-state index is 13.1. The normalized spacial score (nSPS) is 24.8. The molecule has 0 radical (unpaired) electrons. The van der Waals surface area contributed by atoms with Gasteiger partial charge in [-0.3, -0.25) is 0 Å². The fraction of sp³-hybridized carbons (Fsp3) is 0.556. The Morgan fingerprint density at radius 3 is 2.26 bits per heavy atom. The van der Waals surface area contributed by atoms with Crippen molar-refractivity contribution in [2.75, 3.05) is 6.54 Å². The molecule has 0 spiro atoms. The van der Waals surface area contributed by atoms with Crippen LogP contribution < -0.4 is 5.46 Å². The van der Waals surface area contributed by atoms with Crippen molar-refractivity contribution in [2.45, 2.75) is 84.2 Å². The molecule has 0 aromatic heterocycles. The first-order valence-electron chi connectivity index (χ1n) is 11.9. The second kappa shape index (κ2) is 8.90. The molecule has 0 bridgehead atoms. The van der Waals surface area contributed by atoms with Crippen LogP contribution in [0.4, 0.5) is 4.79 Å². The summed E-state index contributed by atoms with van der Waals surface area (Å²) in [6, 6.07) is 10.1. The number of hydrogen-bond donors (Lipinski definition) is 0. The molecule has 0 N–H and O–H groups in total. The molecule has 0 saturated carbocycles. The highest BCUT2D eigenvalue weighted by molar-refractivity contribution is 6.62. The average Bonchev–Trinajstić information content (AvgIpc) is 2.99. The van der Waals surface area contributed by atoms with E-state index in [2.05, 4.69) is 19.2 Å². The van der Waals surface area contributed by atoms with Gasteiger partial charge in [-0.05, 0) is 65.1 Å². The van der Waals surface area contributed by atoms with Crippen LogP contribution in [-0.4, -0.2) is 41.5 Å². The van der Waals surface area contributed by atoms with Crippen LogP contribution in [0.5, 0.6) is 0 Å². The van der Waals surface area contributed by atoms with Gasteiger partial charge in [-0.2, -0.15) is 5.26 Å². The van der Waals surface area contributed by atoms with Gasteiger partial charge < -0.3 is 18.9 Å². The molecule has 2 unspecified atom stereocenters. The van der Waals surface area contributed by atoms with Gasteiger partial charge in [-0.25, -0.2) is 4.79 Å². The quantitative estimate of drug-likeness (QED) is 0.404. The van der Waals surface area contributed by atoms with Crippen LogP contribution in [0.25, 0.3) is 0 Å². The number of nitriles is 1. The minimum Gasteiger partial charge on any atom is -0.438 e. The van der Waals surface area contributed by atoms with Gasteiger partial charge in [0.1, 0.15) is 5.60 Å². The molecule has 182 valence electrons. The average molecular weight is 464 g/mol. The van der Waals surface area contributed by atoms with E-state index in [0.717, 1.165) is 11.0 Å². The third-order valence-corrected chi connectivity index (χ3v) is 7.55. The Balaban J connectivity index is 1.74. The monoisotopic (exact) mass is 464 g/mol.